The van der Waals surface area contributed by atoms with Gasteiger partial charge in [0.2, 0.25) is 11.7 Å². The van der Waals surface area contributed by atoms with Crippen LogP contribution in [0.15, 0.2) is 48.5 Å². The van der Waals surface area contributed by atoms with Gasteiger partial charge >= 0.3 is 6.18 Å². The van der Waals surface area contributed by atoms with Crippen LogP contribution in [0.25, 0.3) is 10.9 Å². The number of nitrogens with zero attached hydrogens (tertiary/aromatic N) is 2. The Bertz CT molecular complexity index is 879. The van der Waals surface area contributed by atoms with E-state index in [1.165, 1.54) is 18.2 Å². The van der Waals surface area contributed by atoms with Gasteiger partial charge in [0.05, 0.1) is 10.9 Å². The Balaban J connectivity index is 2.13. The van der Waals surface area contributed by atoms with Crippen molar-refractivity contribution in [2.75, 3.05) is 0 Å². The molecule has 0 aliphatic rings. The molecule has 4 nitrogen and oxygen atoms in total. The average Bonchev–Trinajstić information content (AvgIpc) is 2.54. The van der Waals surface area contributed by atoms with E-state index in [2.05, 4.69) is 9.97 Å². The second kappa shape index (κ2) is 5.68. The number of benzene rings is 2. The lowest BCUT2D eigenvalue weighted by Crippen LogP contribution is -2.11. The van der Waals surface area contributed by atoms with E-state index in [0.29, 0.717) is 17.2 Å². The molecule has 0 unspecified atom stereocenters. The van der Waals surface area contributed by atoms with Crippen molar-refractivity contribution in [1.29, 1.82) is 0 Å². The van der Waals surface area contributed by atoms with E-state index in [1.54, 1.807) is 30.3 Å². The Labute approximate surface area is 128 Å². The van der Waals surface area contributed by atoms with Crippen LogP contribution in [0.2, 0.25) is 0 Å². The molecule has 116 valence electrons. The first-order valence-corrected chi connectivity index (χ1v) is 6.54. The minimum Gasteiger partial charge on any atom is -0.438 e. The number of hydrogen-bond acceptors (Lipinski definition) is 4. The highest BCUT2D eigenvalue weighted by Crippen LogP contribution is 2.33. The zero-order valence-corrected chi connectivity index (χ0v) is 11.5. The molecule has 0 atom stereocenters. The van der Waals surface area contributed by atoms with Gasteiger partial charge in [-0.1, -0.05) is 24.3 Å². The molecule has 23 heavy (non-hydrogen) atoms. The zero-order valence-electron chi connectivity index (χ0n) is 11.5. The minimum absolute atomic E-state index is 0.122. The number of fused-ring (bicyclic) bond motifs is 1. The van der Waals surface area contributed by atoms with E-state index >= 15 is 0 Å². The molecule has 3 aromatic rings. The van der Waals surface area contributed by atoms with Crippen LogP contribution in [0.1, 0.15) is 16.2 Å². The lowest BCUT2D eigenvalue weighted by Gasteiger charge is -2.11. The van der Waals surface area contributed by atoms with Gasteiger partial charge in [0.1, 0.15) is 12.0 Å². The normalized spacial score (nSPS) is 11.4. The molecule has 0 saturated carbocycles. The first kappa shape index (κ1) is 15.0. The molecule has 1 heterocycles. The average molecular weight is 318 g/mol. The van der Waals surface area contributed by atoms with Crippen molar-refractivity contribution >= 4 is 17.2 Å². The highest BCUT2D eigenvalue weighted by Gasteiger charge is 2.35. The number of rotatable bonds is 3. The summed E-state index contributed by atoms with van der Waals surface area (Å²) in [6.07, 6.45) is -4.07. The molecule has 0 aliphatic carbocycles. The molecule has 2 aromatic carbocycles. The van der Waals surface area contributed by atoms with Gasteiger partial charge < -0.3 is 4.74 Å². The topological polar surface area (TPSA) is 52.1 Å². The van der Waals surface area contributed by atoms with Gasteiger partial charge in [0, 0.05) is 5.56 Å². The van der Waals surface area contributed by atoms with E-state index < -0.39 is 12.0 Å². The molecule has 0 spiro atoms. The third-order valence-corrected chi connectivity index (χ3v) is 3.03. The lowest BCUT2D eigenvalue weighted by atomic mass is 10.2. The van der Waals surface area contributed by atoms with Gasteiger partial charge in [-0.3, -0.25) is 4.79 Å². The summed E-state index contributed by atoms with van der Waals surface area (Å²) < 4.78 is 44.2. The molecular formula is C16H9F3N2O2. The second-order valence-corrected chi connectivity index (χ2v) is 4.66. The largest absolute Gasteiger partial charge is 0.451 e. The molecule has 0 radical (unpaired) electrons. The van der Waals surface area contributed by atoms with Gasteiger partial charge in [-0.25, -0.2) is 4.98 Å². The van der Waals surface area contributed by atoms with Crippen LogP contribution in [0.5, 0.6) is 11.6 Å². The van der Waals surface area contributed by atoms with Crippen LogP contribution in [-0.2, 0) is 6.18 Å². The van der Waals surface area contributed by atoms with Gasteiger partial charge in [-0.15, -0.1) is 0 Å². The maximum absolute atomic E-state index is 12.9. The molecule has 0 N–H and O–H groups in total. The summed E-state index contributed by atoms with van der Waals surface area (Å²) in [5.74, 6) is -1.28. The molecule has 0 fully saturated rings. The zero-order chi connectivity index (χ0) is 16.4. The number of para-hydroxylation sites is 1. The third kappa shape index (κ3) is 3.13. The Hall–Kier alpha value is -2.96. The maximum Gasteiger partial charge on any atom is 0.451 e. The summed E-state index contributed by atoms with van der Waals surface area (Å²) in [5, 5.41) is 0.344. The van der Waals surface area contributed by atoms with Crippen molar-refractivity contribution in [3.8, 4) is 11.6 Å². The number of alkyl halides is 3. The number of aromatic nitrogens is 2. The number of carbonyl (C=O) groups is 1. The third-order valence-electron chi connectivity index (χ3n) is 3.03. The van der Waals surface area contributed by atoms with Crippen LogP contribution >= 0.6 is 0 Å². The van der Waals surface area contributed by atoms with E-state index in [1.807, 2.05) is 0 Å². The number of ether oxygens (including phenoxy) is 1. The highest BCUT2D eigenvalue weighted by atomic mass is 19.4. The Morgan fingerprint density at radius 1 is 1.00 bits per heavy atom. The molecule has 7 heteroatoms. The number of halogens is 3. The Morgan fingerprint density at radius 2 is 1.78 bits per heavy atom. The first-order valence-electron chi connectivity index (χ1n) is 6.54. The number of aldehydes is 1. The Kier molecular flexibility index (Phi) is 3.69. The second-order valence-electron chi connectivity index (χ2n) is 4.66. The van der Waals surface area contributed by atoms with Crippen LogP contribution < -0.4 is 4.74 Å². The van der Waals surface area contributed by atoms with Gasteiger partial charge in [0.15, 0.2) is 0 Å². The molecule has 0 amide bonds. The summed E-state index contributed by atoms with van der Waals surface area (Å²) in [6.45, 7) is 0. The standard InChI is InChI=1S/C16H9F3N2O2/c17-16(18,19)15-20-13-7-2-1-6-12(13)14(21-15)23-11-5-3-4-10(8-11)9-22/h1-9H. The molecule has 0 aliphatic heterocycles. The fraction of sp³-hybridized carbons (Fsp3) is 0.0625. The predicted molar refractivity (Wildman–Crippen MR) is 76.4 cm³/mol. The van der Waals surface area contributed by atoms with E-state index in [9.17, 15) is 18.0 Å². The van der Waals surface area contributed by atoms with Crippen molar-refractivity contribution in [2.24, 2.45) is 0 Å². The molecule has 0 bridgehead atoms. The smallest absolute Gasteiger partial charge is 0.438 e. The minimum atomic E-state index is -4.69. The molecule has 0 saturated heterocycles. The van der Waals surface area contributed by atoms with Crippen LogP contribution in [0, 0.1) is 0 Å². The highest BCUT2D eigenvalue weighted by molar-refractivity contribution is 5.83. The SMILES string of the molecule is O=Cc1cccc(Oc2nc(C(F)(F)F)nc3ccccc23)c1. The molecule has 1 aromatic heterocycles. The summed E-state index contributed by atoms with van der Waals surface area (Å²) in [7, 11) is 0. The van der Waals surface area contributed by atoms with E-state index in [4.69, 9.17) is 4.74 Å². The fourth-order valence-electron chi connectivity index (χ4n) is 2.02. The Morgan fingerprint density at radius 3 is 2.52 bits per heavy atom. The quantitative estimate of drug-likeness (QED) is 0.677. The maximum atomic E-state index is 12.9. The van der Waals surface area contributed by atoms with Crippen LogP contribution in [0.3, 0.4) is 0 Å². The van der Waals surface area contributed by atoms with Crippen LogP contribution in [0.4, 0.5) is 13.2 Å². The fourth-order valence-corrected chi connectivity index (χ4v) is 2.02. The number of carbonyl (C=O) groups excluding carboxylic acids is 1. The molecule has 3 rings (SSSR count). The van der Waals surface area contributed by atoms with Crippen molar-refractivity contribution in [1.82, 2.24) is 9.97 Å². The van der Waals surface area contributed by atoms with Crippen molar-refractivity contribution in [2.45, 2.75) is 6.18 Å². The van der Waals surface area contributed by atoms with Crippen molar-refractivity contribution in [3.05, 3.63) is 59.9 Å². The predicted octanol–water partition coefficient (Wildman–Crippen LogP) is 4.25. The number of hydrogen-bond donors (Lipinski definition) is 0. The first-order chi connectivity index (χ1) is 11.0. The summed E-state index contributed by atoms with van der Waals surface area (Å²) in [5.41, 5.74) is 0.466. The van der Waals surface area contributed by atoms with E-state index in [0.717, 1.165) is 0 Å². The van der Waals surface area contributed by atoms with Crippen molar-refractivity contribution < 1.29 is 22.7 Å². The van der Waals surface area contributed by atoms with Crippen molar-refractivity contribution in [3.63, 3.8) is 0 Å². The summed E-state index contributed by atoms with van der Waals surface area (Å²) in [4.78, 5) is 17.8. The summed E-state index contributed by atoms with van der Waals surface area (Å²) >= 11 is 0. The van der Waals surface area contributed by atoms with Crippen LogP contribution in [-0.4, -0.2) is 16.3 Å². The molecular weight excluding hydrogens is 309 g/mol. The van der Waals surface area contributed by atoms with Gasteiger partial charge in [-0.05, 0) is 24.3 Å². The van der Waals surface area contributed by atoms with E-state index in [-0.39, 0.29) is 17.1 Å². The monoisotopic (exact) mass is 318 g/mol. The van der Waals surface area contributed by atoms with Gasteiger partial charge in [-0.2, -0.15) is 18.2 Å². The lowest BCUT2D eigenvalue weighted by molar-refractivity contribution is -0.144. The summed E-state index contributed by atoms with van der Waals surface area (Å²) in [6, 6.07) is 12.3. The van der Waals surface area contributed by atoms with Gasteiger partial charge in [0.25, 0.3) is 0 Å².